The highest BCUT2D eigenvalue weighted by atomic mass is 32.2. The molecular weight excluding hydrogens is 178 g/mol. The van der Waals surface area contributed by atoms with Crippen LogP contribution in [0.2, 0.25) is 0 Å². The van der Waals surface area contributed by atoms with Crippen LogP contribution >= 0.6 is 0 Å². The summed E-state index contributed by atoms with van der Waals surface area (Å²) in [5.41, 5.74) is 0.992. The van der Waals surface area contributed by atoms with Crippen LogP contribution in [-0.4, -0.2) is 21.2 Å². The minimum atomic E-state index is -3.06. The fourth-order valence-electron chi connectivity index (χ4n) is 0.816. The van der Waals surface area contributed by atoms with Crippen molar-refractivity contribution in [2.45, 2.75) is 6.42 Å². The summed E-state index contributed by atoms with van der Waals surface area (Å²) < 4.78 is 28.5. The van der Waals surface area contributed by atoms with Crippen LogP contribution in [0.4, 0.5) is 0 Å². The number of hydrogen-bond acceptors (Lipinski definition) is 3. The number of sulfonamides is 1. The molecule has 12 heavy (non-hydrogen) atoms. The van der Waals surface area contributed by atoms with Gasteiger partial charge in [-0.25, -0.2) is 13.1 Å². The Morgan fingerprint density at radius 2 is 2.33 bits per heavy atom. The molecular formula is C7H11NO3S. The van der Waals surface area contributed by atoms with Gasteiger partial charge in [-0.3, -0.25) is 0 Å². The van der Waals surface area contributed by atoms with Gasteiger partial charge in [-0.15, -0.1) is 0 Å². The average Bonchev–Trinajstić information content (AvgIpc) is 2.36. The average molecular weight is 189 g/mol. The van der Waals surface area contributed by atoms with Crippen molar-refractivity contribution in [3.05, 3.63) is 24.2 Å². The third-order valence-corrected chi connectivity index (χ3v) is 2.09. The van der Waals surface area contributed by atoms with E-state index >= 15 is 0 Å². The molecule has 0 aromatic carbocycles. The molecule has 68 valence electrons. The number of nitrogens with one attached hydrogen (secondary N) is 1. The molecule has 0 aliphatic carbocycles. The standard InChI is InChI=1S/C7H11NO3S/c1-12(9,10)8-4-2-7-3-5-11-6-7/h3,5-6,8H,2,4H2,1H3. The molecule has 4 nitrogen and oxygen atoms in total. The zero-order valence-corrected chi connectivity index (χ0v) is 7.60. The summed E-state index contributed by atoms with van der Waals surface area (Å²) in [5, 5.41) is 0. The van der Waals surface area contributed by atoms with Crippen LogP contribution < -0.4 is 4.72 Å². The Labute approximate surface area is 71.6 Å². The SMILES string of the molecule is CS(=O)(=O)NCCc1ccoc1. The summed E-state index contributed by atoms with van der Waals surface area (Å²) in [5.74, 6) is 0. The maximum Gasteiger partial charge on any atom is 0.208 e. The largest absolute Gasteiger partial charge is 0.472 e. The first-order valence-electron chi connectivity index (χ1n) is 3.53. The normalized spacial score (nSPS) is 11.8. The van der Waals surface area contributed by atoms with Crippen LogP contribution in [0, 0.1) is 0 Å². The van der Waals surface area contributed by atoms with Crippen molar-refractivity contribution >= 4 is 10.0 Å². The summed E-state index contributed by atoms with van der Waals surface area (Å²) in [7, 11) is -3.06. The molecule has 0 saturated heterocycles. The highest BCUT2D eigenvalue weighted by Gasteiger charge is 1.99. The van der Waals surface area contributed by atoms with Crippen molar-refractivity contribution in [3.8, 4) is 0 Å². The van der Waals surface area contributed by atoms with Crippen molar-refractivity contribution in [2.24, 2.45) is 0 Å². The summed E-state index contributed by atoms with van der Waals surface area (Å²) in [4.78, 5) is 0. The van der Waals surface area contributed by atoms with Gasteiger partial charge >= 0.3 is 0 Å². The van der Waals surface area contributed by atoms with Crippen molar-refractivity contribution in [3.63, 3.8) is 0 Å². The zero-order chi connectivity index (χ0) is 9.03. The second-order valence-electron chi connectivity index (χ2n) is 2.55. The third-order valence-electron chi connectivity index (χ3n) is 1.36. The lowest BCUT2D eigenvalue weighted by atomic mass is 10.2. The van der Waals surface area contributed by atoms with Gasteiger partial charge in [-0.05, 0) is 18.1 Å². The molecule has 0 unspecified atom stereocenters. The van der Waals surface area contributed by atoms with Crippen molar-refractivity contribution in [2.75, 3.05) is 12.8 Å². The molecule has 0 spiro atoms. The van der Waals surface area contributed by atoms with Crippen LogP contribution in [-0.2, 0) is 16.4 Å². The maximum atomic E-state index is 10.6. The lowest BCUT2D eigenvalue weighted by Gasteiger charge is -1.98. The fourth-order valence-corrected chi connectivity index (χ4v) is 1.29. The van der Waals surface area contributed by atoms with Crippen LogP contribution in [0.25, 0.3) is 0 Å². The number of hydrogen-bond donors (Lipinski definition) is 1. The molecule has 1 N–H and O–H groups in total. The first-order valence-corrected chi connectivity index (χ1v) is 5.43. The van der Waals surface area contributed by atoms with Gasteiger partial charge in [0.25, 0.3) is 0 Å². The topological polar surface area (TPSA) is 59.3 Å². The quantitative estimate of drug-likeness (QED) is 0.744. The predicted octanol–water partition coefficient (Wildman–Crippen LogP) is 0.371. The first-order chi connectivity index (χ1) is 5.58. The van der Waals surface area contributed by atoms with E-state index in [1.54, 1.807) is 12.5 Å². The molecule has 0 fully saturated rings. The van der Waals surface area contributed by atoms with Crippen LogP contribution in [0.15, 0.2) is 23.0 Å². The van der Waals surface area contributed by atoms with Gasteiger partial charge in [0.2, 0.25) is 10.0 Å². The Bertz CT molecular complexity index is 314. The van der Waals surface area contributed by atoms with E-state index in [1.165, 1.54) is 0 Å². The van der Waals surface area contributed by atoms with Gasteiger partial charge in [0.15, 0.2) is 0 Å². The zero-order valence-electron chi connectivity index (χ0n) is 6.78. The van der Waals surface area contributed by atoms with Crippen LogP contribution in [0.1, 0.15) is 5.56 Å². The minimum absolute atomic E-state index is 0.415. The molecule has 0 saturated carbocycles. The van der Waals surface area contributed by atoms with E-state index in [9.17, 15) is 8.42 Å². The predicted molar refractivity (Wildman–Crippen MR) is 45.3 cm³/mol. The van der Waals surface area contributed by atoms with Gasteiger partial charge in [0.1, 0.15) is 0 Å². The van der Waals surface area contributed by atoms with Crippen molar-refractivity contribution in [1.29, 1.82) is 0 Å². The number of furan rings is 1. The number of rotatable bonds is 4. The second kappa shape index (κ2) is 3.73. The lowest BCUT2D eigenvalue weighted by Crippen LogP contribution is -2.24. The van der Waals surface area contributed by atoms with Gasteiger partial charge < -0.3 is 4.42 Å². The molecule has 1 heterocycles. The van der Waals surface area contributed by atoms with E-state index in [2.05, 4.69) is 4.72 Å². The van der Waals surface area contributed by atoms with E-state index in [1.807, 2.05) is 6.07 Å². The van der Waals surface area contributed by atoms with Crippen molar-refractivity contribution in [1.82, 2.24) is 4.72 Å². The fraction of sp³-hybridized carbons (Fsp3) is 0.429. The molecule has 0 aliphatic rings. The van der Waals surface area contributed by atoms with Crippen LogP contribution in [0.5, 0.6) is 0 Å². The molecule has 0 atom stereocenters. The summed E-state index contributed by atoms with van der Waals surface area (Å²) in [6, 6.07) is 1.81. The molecule has 1 rings (SSSR count). The van der Waals surface area contributed by atoms with Crippen molar-refractivity contribution < 1.29 is 12.8 Å². The summed E-state index contributed by atoms with van der Waals surface area (Å²) in [6.07, 6.45) is 4.96. The first kappa shape index (κ1) is 9.28. The van der Waals surface area contributed by atoms with E-state index in [0.717, 1.165) is 11.8 Å². The van der Waals surface area contributed by atoms with Gasteiger partial charge in [0, 0.05) is 6.54 Å². The molecule has 0 amide bonds. The third kappa shape index (κ3) is 3.54. The molecule has 1 aromatic rings. The minimum Gasteiger partial charge on any atom is -0.472 e. The van der Waals surface area contributed by atoms with E-state index in [-0.39, 0.29) is 0 Å². The summed E-state index contributed by atoms with van der Waals surface area (Å²) in [6.45, 7) is 0.415. The molecule has 1 aromatic heterocycles. The maximum absolute atomic E-state index is 10.6. The van der Waals surface area contributed by atoms with Gasteiger partial charge in [-0.1, -0.05) is 0 Å². The molecule has 0 bridgehead atoms. The summed E-state index contributed by atoms with van der Waals surface area (Å²) >= 11 is 0. The monoisotopic (exact) mass is 189 g/mol. The van der Waals surface area contributed by atoms with Crippen LogP contribution in [0.3, 0.4) is 0 Å². The van der Waals surface area contributed by atoms with Gasteiger partial charge in [-0.2, -0.15) is 0 Å². The molecule has 0 aliphatic heterocycles. The van der Waals surface area contributed by atoms with Gasteiger partial charge in [0.05, 0.1) is 18.8 Å². The Kier molecular flexibility index (Phi) is 2.88. The highest BCUT2D eigenvalue weighted by Crippen LogP contribution is 1.99. The smallest absolute Gasteiger partial charge is 0.208 e. The Morgan fingerprint density at radius 3 is 2.83 bits per heavy atom. The lowest BCUT2D eigenvalue weighted by molar-refractivity contribution is 0.562. The van der Waals surface area contributed by atoms with E-state index in [0.29, 0.717) is 13.0 Å². The molecule has 0 radical (unpaired) electrons. The Hall–Kier alpha value is -0.810. The Balaban J connectivity index is 2.29. The Morgan fingerprint density at radius 1 is 1.58 bits per heavy atom. The highest BCUT2D eigenvalue weighted by molar-refractivity contribution is 7.88. The van der Waals surface area contributed by atoms with E-state index in [4.69, 9.17) is 4.42 Å². The molecule has 5 heteroatoms. The second-order valence-corrected chi connectivity index (χ2v) is 4.38. The van der Waals surface area contributed by atoms with E-state index < -0.39 is 10.0 Å².